The number of hydrogen-bond donors (Lipinski definition) is 1. The van der Waals surface area contributed by atoms with Crippen molar-refractivity contribution >= 4 is 5.91 Å². The van der Waals surface area contributed by atoms with Crippen molar-refractivity contribution in [2.45, 2.75) is 12.8 Å². The zero-order chi connectivity index (χ0) is 19.2. The zero-order valence-electron chi connectivity index (χ0n) is 16.6. The number of likely N-dealkylation sites (N-methyl/N-ethyl adjacent to an activating group) is 1. The smallest absolute Gasteiger partial charge is 0.227 e. The molecule has 2 saturated heterocycles. The predicted molar refractivity (Wildman–Crippen MR) is 106 cm³/mol. The first-order valence-electron chi connectivity index (χ1n) is 10.0. The minimum Gasteiger partial charge on any atom is -0.496 e. The summed E-state index contributed by atoms with van der Waals surface area (Å²) >= 11 is 0. The highest BCUT2D eigenvalue weighted by atomic mass is 16.5. The van der Waals surface area contributed by atoms with Gasteiger partial charge in [-0.3, -0.25) is 4.79 Å². The summed E-state index contributed by atoms with van der Waals surface area (Å²) in [4.78, 5) is 19.7. The minimum atomic E-state index is 0.121. The Labute approximate surface area is 162 Å². The van der Waals surface area contributed by atoms with Crippen LogP contribution in [0.15, 0.2) is 24.3 Å². The number of aliphatic hydroxyl groups excluding tert-OH is 1. The number of benzene rings is 1. The first kappa shape index (κ1) is 20.1. The molecule has 27 heavy (non-hydrogen) atoms. The van der Waals surface area contributed by atoms with E-state index in [1.54, 1.807) is 7.11 Å². The molecule has 0 bridgehead atoms. The fourth-order valence-electron chi connectivity index (χ4n) is 4.29. The summed E-state index contributed by atoms with van der Waals surface area (Å²) in [6.07, 6.45) is 1.53. The number of carbonyl (C=O) groups excluding carboxylic acids is 1. The van der Waals surface area contributed by atoms with Crippen molar-refractivity contribution in [3.63, 3.8) is 0 Å². The maximum absolute atomic E-state index is 12.8. The monoisotopic (exact) mass is 375 g/mol. The molecule has 0 aliphatic carbocycles. The van der Waals surface area contributed by atoms with Crippen LogP contribution in [0.25, 0.3) is 0 Å². The van der Waals surface area contributed by atoms with E-state index in [-0.39, 0.29) is 18.4 Å². The van der Waals surface area contributed by atoms with Gasteiger partial charge in [0.05, 0.1) is 13.5 Å². The molecule has 2 heterocycles. The van der Waals surface area contributed by atoms with Gasteiger partial charge in [0.1, 0.15) is 5.75 Å². The standard InChI is InChI=1S/C21H33N3O3/c1-22-8-5-9-23(11-10-22)13-18-14-24(15-19(18)16-25)21(26)12-17-6-3-4-7-20(17)27-2/h3-4,6-7,18-19,25H,5,8-16H2,1-2H3/t18-,19-/m1/s1. The average Bonchev–Trinajstić information content (AvgIpc) is 2.98. The Kier molecular flexibility index (Phi) is 7.10. The number of ether oxygens (including phenoxy) is 1. The Morgan fingerprint density at radius 2 is 1.93 bits per heavy atom. The highest BCUT2D eigenvalue weighted by Crippen LogP contribution is 2.26. The van der Waals surface area contributed by atoms with Crippen molar-refractivity contribution in [3.8, 4) is 5.75 Å². The molecule has 1 N–H and O–H groups in total. The Balaban J connectivity index is 1.58. The Morgan fingerprint density at radius 1 is 1.15 bits per heavy atom. The molecule has 2 fully saturated rings. The highest BCUT2D eigenvalue weighted by molar-refractivity contribution is 5.79. The number of methoxy groups -OCH3 is 1. The largest absolute Gasteiger partial charge is 0.496 e. The van der Waals surface area contributed by atoms with Crippen molar-refractivity contribution in [1.29, 1.82) is 0 Å². The molecule has 0 saturated carbocycles. The van der Waals surface area contributed by atoms with Crippen LogP contribution in [0.1, 0.15) is 12.0 Å². The maximum atomic E-state index is 12.8. The van der Waals surface area contributed by atoms with Crippen LogP contribution < -0.4 is 4.74 Å². The van der Waals surface area contributed by atoms with Crippen LogP contribution in [0.2, 0.25) is 0 Å². The second-order valence-corrected chi connectivity index (χ2v) is 7.95. The van der Waals surface area contributed by atoms with Gasteiger partial charge in [0.25, 0.3) is 0 Å². The van der Waals surface area contributed by atoms with Gasteiger partial charge in [-0.15, -0.1) is 0 Å². The summed E-state index contributed by atoms with van der Waals surface area (Å²) in [6, 6.07) is 7.69. The van der Waals surface area contributed by atoms with Crippen LogP contribution in [0, 0.1) is 11.8 Å². The Bertz CT molecular complexity index is 624. The molecule has 0 unspecified atom stereocenters. The summed E-state index contributed by atoms with van der Waals surface area (Å²) in [5.41, 5.74) is 0.921. The lowest BCUT2D eigenvalue weighted by Crippen LogP contribution is -2.36. The molecule has 2 atom stereocenters. The molecule has 1 aromatic rings. The van der Waals surface area contributed by atoms with E-state index in [4.69, 9.17) is 4.74 Å². The van der Waals surface area contributed by atoms with Gasteiger partial charge in [0.15, 0.2) is 0 Å². The molecule has 2 aliphatic rings. The van der Waals surface area contributed by atoms with Crippen molar-refractivity contribution in [2.75, 3.05) is 66.6 Å². The molecule has 3 rings (SSSR count). The van der Waals surface area contributed by atoms with Crippen LogP contribution in [0.4, 0.5) is 0 Å². The Hall–Kier alpha value is -1.63. The van der Waals surface area contributed by atoms with Gasteiger partial charge in [0, 0.05) is 50.8 Å². The summed E-state index contributed by atoms with van der Waals surface area (Å²) in [7, 11) is 3.81. The third-order valence-electron chi connectivity index (χ3n) is 6.00. The van der Waals surface area contributed by atoms with Crippen molar-refractivity contribution < 1.29 is 14.6 Å². The van der Waals surface area contributed by atoms with Crippen molar-refractivity contribution in [3.05, 3.63) is 29.8 Å². The molecule has 1 aromatic carbocycles. The number of likely N-dealkylation sites (tertiary alicyclic amines) is 1. The topological polar surface area (TPSA) is 56.2 Å². The number of nitrogens with zero attached hydrogens (tertiary/aromatic N) is 3. The summed E-state index contributed by atoms with van der Waals surface area (Å²) < 4.78 is 5.37. The fraction of sp³-hybridized carbons (Fsp3) is 0.667. The van der Waals surface area contributed by atoms with Crippen LogP contribution in [0.5, 0.6) is 5.75 Å². The van der Waals surface area contributed by atoms with E-state index in [9.17, 15) is 9.90 Å². The number of para-hydroxylation sites is 1. The van der Waals surface area contributed by atoms with Crippen LogP contribution in [-0.4, -0.2) is 92.3 Å². The number of amides is 1. The van der Waals surface area contributed by atoms with E-state index in [1.165, 1.54) is 6.42 Å². The van der Waals surface area contributed by atoms with E-state index < -0.39 is 0 Å². The lowest BCUT2D eigenvalue weighted by molar-refractivity contribution is -0.129. The lowest BCUT2D eigenvalue weighted by Gasteiger charge is -2.26. The molecule has 6 nitrogen and oxygen atoms in total. The molecule has 1 amide bonds. The number of rotatable bonds is 6. The summed E-state index contributed by atoms with van der Waals surface area (Å²) in [6.45, 7) is 6.93. The quantitative estimate of drug-likeness (QED) is 0.802. The van der Waals surface area contributed by atoms with Gasteiger partial charge >= 0.3 is 0 Å². The minimum absolute atomic E-state index is 0.121. The van der Waals surface area contributed by atoms with Crippen LogP contribution in [-0.2, 0) is 11.2 Å². The predicted octanol–water partition coefficient (Wildman–Crippen LogP) is 0.942. The molecule has 150 valence electrons. The molecule has 2 aliphatic heterocycles. The lowest BCUT2D eigenvalue weighted by atomic mass is 9.96. The van der Waals surface area contributed by atoms with Crippen molar-refractivity contribution in [1.82, 2.24) is 14.7 Å². The molecule has 6 heteroatoms. The van der Waals surface area contributed by atoms with Crippen LogP contribution in [0.3, 0.4) is 0 Å². The van der Waals surface area contributed by atoms with Gasteiger partial charge in [-0.05, 0) is 38.5 Å². The van der Waals surface area contributed by atoms with Gasteiger partial charge in [0.2, 0.25) is 5.91 Å². The number of carbonyl (C=O) groups is 1. The Morgan fingerprint density at radius 3 is 2.70 bits per heavy atom. The first-order chi connectivity index (χ1) is 13.1. The second-order valence-electron chi connectivity index (χ2n) is 7.95. The molecule has 0 spiro atoms. The second kappa shape index (κ2) is 9.53. The maximum Gasteiger partial charge on any atom is 0.227 e. The van der Waals surface area contributed by atoms with E-state index in [0.29, 0.717) is 18.9 Å². The number of aliphatic hydroxyl groups is 1. The van der Waals surface area contributed by atoms with Gasteiger partial charge < -0.3 is 24.5 Å². The third-order valence-corrected chi connectivity index (χ3v) is 6.00. The zero-order valence-corrected chi connectivity index (χ0v) is 16.6. The number of hydrogen-bond acceptors (Lipinski definition) is 5. The highest BCUT2D eigenvalue weighted by Gasteiger charge is 2.35. The van der Waals surface area contributed by atoms with Crippen molar-refractivity contribution in [2.24, 2.45) is 11.8 Å². The van der Waals surface area contributed by atoms with E-state index >= 15 is 0 Å². The summed E-state index contributed by atoms with van der Waals surface area (Å²) in [5.74, 6) is 1.40. The molecule has 0 aromatic heterocycles. The van der Waals surface area contributed by atoms with E-state index in [2.05, 4.69) is 16.8 Å². The van der Waals surface area contributed by atoms with E-state index in [0.717, 1.165) is 50.6 Å². The average molecular weight is 376 g/mol. The normalized spacial score (nSPS) is 24.8. The first-order valence-corrected chi connectivity index (χ1v) is 10.0. The molecular formula is C21H33N3O3. The molecular weight excluding hydrogens is 342 g/mol. The SMILES string of the molecule is COc1ccccc1CC(=O)N1C[C@@H](CN2CCCN(C)CC2)[C@@H](CO)C1. The summed E-state index contributed by atoms with van der Waals surface area (Å²) in [5, 5.41) is 9.85. The third kappa shape index (κ3) is 5.21. The van der Waals surface area contributed by atoms with E-state index in [1.807, 2.05) is 29.2 Å². The fourth-order valence-corrected chi connectivity index (χ4v) is 4.29. The van der Waals surface area contributed by atoms with Gasteiger partial charge in [-0.1, -0.05) is 18.2 Å². The van der Waals surface area contributed by atoms with Gasteiger partial charge in [-0.2, -0.15) is 0 Å². The molecule has 0 radical (unpaired) electrons. The van der Waals surface area contributed by atoms with Crippen LogP contribution >= 0.6 is 0 Å². The van der Waals surface area contributed by atoms with Gasteiger partial charge in [-0.25, -0.2) is 0 Å².